The Kier molecular flexibility index (Phi) is 6.14. The molecule has 0 radical (unpaired) electrons. The number of benzene rings is 2. The first-order valence-corrected chi connectivity index (χ1v) is 11.3. The fourth-order valence-corrected chi connectivity index (χ4v) is 4.66. The zero-order valence-electron chi connectivity index (χ0n) is 16.9. The van der Waals surface area contributed by atoms with Gasteiger partial charge in [-0.1, -0.05) is 26.0 Å². The van der Waals surface area contributed by atoms with E-state index in [0.717, 1.165) is 40.9 Å². The zero-order valence-corrected chi connectivity index (χ0v) is 17.7. The van der Waals surface area contributed by atoms with Gasteiger partial charge in [0.25, 0.3) is 0 Å². The highest BCUT2D eigenvalue weighted by molar-refractivity contribution is 7.92. The van der Waals surface area contributed by atoms with Crippen LogP contribution in [0.2, 0.25) is 0 Å². The number of fused-ring (bicyclic) bond motifs is 1. The number of nitrogens with zero attached hydrogens (tertiary/aromatic N) is 2. The SMILES string of the molecule is CCCn1c(-c2ccc(NS(=O)(=O)CCC)cc2)c(C#N)c2ccc(OC)cc21. The minimum absolute atomic E-state index is 0.0832. The lowest BCUT2D eigenvalue weighted by Gasteiger charge is -2.12. The van der Waals surface area contributed by atoms with Crippen LogP contribution in [0.15, 0.2) is 42.5 Å². The molecule has 0 aliphatic carbocycles. The van der Waals surface area contributed by atoms with Gasteiger partial charge in [-0.2, -0.15) is 5.26 Å². The molecular weight excluding hydrogens is 386 g/mol. The van der Waals surface area contributed by atoms with Crippen LogP contribution in [0.4, 0.5) is 5.69 Å². The molecule has 2 aromatic carbocycles. The van der Waals surface area contributed by atoms with E-state index in [2.05, 4.69) is 22.3 Å². The van der Waals surface area contributed by atoms with E-state index in [1.165, 1.54) is 0 Å². The number of anilines is 1. The van der Waals surface area contributed by atoms with Crippen LogP contribution in [0.25, 0.3) is 22.2 Å². The maximum Gasteiger partial charge on any atom is 0.232 e. The molecule has 0 saturated carbocycles. The van der Waals surface area contributed by atoms with Crippen molar-refractivity contribution >= 4 is 26.6 Å². The molecule has 0 spiro atoms. The van der Waals surface area contributed by atoms with Crippen molar-refractivity contribution in [2.24, 2.45) is 0 Å². The average Bonchev–Trinajstić information content (AvgIpc) is 3.01. The Morgan fingerprint density at radius 1 is 1.10 bits per heavy atom. The predicted molar refractivity (Wildman–Crippen MR) is 117 cm³/mol. The molecule has 0 aliphatic rings. The molecule has 7 heteroatoms. The predicted octanol–water partition coefficient (Wildman–Crippen LogP) is 4.75. The van der Waals surface area contributed by atoms with Gasteiger partial charge in [-0.3, -0.25) is 4.72 Å². The monoisotopic (exact) mass is 411 g/mol. The summed E-state index contributed by atoms with van der Waals surface area (Å²) in [5.74, 6) is 0.823. The summed E-state index contributed by atoms with van der Waals surface area (Å²) in [6.45, 7) is 4.67. The highest BCUT2D eigenvalue weighted by atomic mass is 32.2. The molecular formula is C22H25N3O3S. The van der Waals surface area contributed by atoms with E-state index in [0.29, 0.717) is 17.7 Å². The molecule has 152 valence electrons. The molecule has 0 aliphatic heterocycles. The summed E-state index contributed by atoms with van der Waals surface area (Å²) in [4.78, 5) is 0. The van der Waals surface area contributed by atoms with E-state index in [1.807, 2.05) is 37.3 Å². The number of aromatic nitrogens is 1. The molecule has 1 heterocycles. The summed E-state index contributed by atoms with van der Waals surface area (Å²) < 4.78 is 34.1. The second kappa shape index (κ2) is 8.58. The summed E-state index contributed by atoms with van der Waals surface area (Å²) in [6, 6.07) is 15.2. The number of aryl methyl sites for hydroxylation is 1. The highest BCUT2D eigenvalue weighted by Gasteiger charge is 2.19. The Bertz CT molecular complexity index is 1160. The molecule has 0 unspecified atom stereocenters. The fraction of sp³-hybridized carbons (Fsp3) is 0.318. The molecule has 0 saturated heterocycles. The van der Waals surface area contributed by atoms with E-state index >= 15 is 0 Å². The van der Waals surface area contributed by atoms with Crippen molar-refractivity contribution in [3.63, 3.8) is 0 Å². The Hall–Kier alpha value is -2.98. The molecule has 3 rings (SSSR count). The molecule has 1 aromatic heterocycles. The minimum Gasteiger partial charge on any atom is -0.497 e. The van der Waals surface area contributed by atoms with Crippen LogP contribution in [0.3, 0.4) is 0 Å². The van der Waals surface area contributed by atoms with Crippen molar-refractivity contribution in [1.82, 2.24) is 4.57 Å². The highest BCUT2D eigenvalue weighted by Crippen LogP contribution is 2.36. The van der Waals surface area contributed by atoms with Crippen LogP contribution < -0.4 is 9.46 Å². The number of methoxy groups -OCH3 is 1. The Balaban J connectivity index is 2.11. The molecule has 0 fully saturated rings. The summed E-state index contributed by atoms with van der Waals surface area (Å²) >= 11 is 0. The van der Waals surface area contributed by atoms with Gasteiger partial charge in [0.1, 0.15) is 11.8 Å². The lowest BCUT2D eigenvalue weighted by Crippen LogP contribution is -2.15. The third kappa shape index (κ3) is 4.22. The van der Waals surface area contributed by atoms with Crippen molar-refractivity contribution in [2.45, 2.75) is 33.2 Å². The van der Waals surface area contributed by atoms with Gasteiger partial charge >= 0.3 is 0 Å². The van der Waals surface area contributed by atoms with Gasteiger partial charge in [-0.25, -0.2) is 8.42 Å². The molecule has 1 N–H and O–H groups in total. The quantitative estimate of drug-likeness (QED) is 0.580. The van der Waals surface area contributed by atoms with Crippen LogP contribution in [0, 0.1) is 11.3 Å². The lowest BCUT2D eigenvalue weighted by molar-refractivity contribution is 0.415. The smallest absolute Gasteiger partial charge is 0.232 e. The van der Waals surface area contributed by atoms with Crippen molar-refractivity contribution in [2.75, 3.05) is 17.6 Å². The van der Waals surface area contributed by atoms with E-state index < -0.39 is 10.0 Å². The zero-order chi connectivity index (χ0) is 21.0. The number of hydrogen-bond acceptors (Lipinski definition) is 4. The summed E-state index contributed by atoms with van der Waals surface area (Å²) in [6.07, 6.45) is 1.47. The number of hydrogen-bond donors (Lipinski definition) is 1. The van der Waals surface area contributed by atoms with Gasteiger partial charge in [-0.05, 0) is 42.7 Å². The minimum atomic E-state index is -3.34. The second-order valence-electron chi connectivity index (χ2n) is 6.87. The first-order valence-electron chi connectivity index (χ1n) is 9.65. The summed E-state index contributed by atoms with van der Waals surface area (Å²) in [5, 5.41) is 10.7. The van der Waals surface area contributed by atoms with Gasteiger partial charge in [-0.15, -0.1) is 0 Å². The first kappa shape index (κ1) is 20.7. The van der Waals surface area contributed by atoms with E-state index in [-0.39, 0.29) is 5.75 Å². The maximum absolute atomic E-state index is 12.0. The van der Waals surface area contributed by atoms with Crippen molar-refractivity contribution in [3.05, 3.63) is 48.0 Å². The molecule has 0 amide bonds. The largest absolute Gasteiger partial charge is 0.497 e. The van der Waals surface area contributed by atoms with E-state index in [4.69, 9.17) is 4.74 Å². The summed E-state index contributed by atoms with van der Waals surface area (Å²) in [7, 11) is -1.72. The third-order valence-corrected chi connectivity index (χ3v) is 6.23. The molecule has 3 aromatic rings. The number of ether oxygens (including phenoxy) is 1. The van der Waals surface area contributed by atoms with Gasteiger partial charge in [0.2, 0.25) is 10.0 Å². The maximum atomic E-state index is 12.0. The number of sulfonamides is 1. The van der Waals surface area contributed by atoms with Crippen LogP contribution in [0.1, 0.15) is 32.3 Å². The van der Waals surface area contributed by atoms with Gasteiger partial charge < -0.3 is 9.30 Å². The molecule has 0 atom stereocenters. The lowest BCUT2D eigenvalue weighted by atomic mass is 10.1. The molecule has 6 nitrogen and oxygen atoms in total. The first-order chi connectivity index (χ1) is 13.9. The van der Waals surface area contributed by atoms with Crippen molar-refractivity contribution in [3.8, 4) is 23.1 Å². The van der Waals surface area contributed by atoms with Crippen LogP contribution in [-0.4, -0.2) is 25.8 Å². The van der Waals surface area contributed by atoms with Gasteiger partial charge in [0, 0.05) is 23.7 Å². The second-order valence-corrected chi connectivity index (χ2v) is 8.71. The standard InChI is InChI=1S/C22H25N3O3S/c1-4-12-25-21-14-18(28-3)10-11-19(21)20(15-23)22(25)16-6-8-17(9-7-16)24-29(26,27)13-5-2/h6-11,14,24H,4-5,12-13H2,1-3H3. The Labute approximate surface area is 171 Å². The van der Waals surface area contributed by atoms with Gasteiger partial charge in [0.15, 0.2) is 0 Å². The normalized spacial score (nSPS) is 11.4. The third-order valence-electron chi connectivity index (χ3n) is 4.74. The Morgan fingerprint density at radius 2 is 1.83 bits per heavy atom. The fourth-order valence-electron chi connectivity index (χ4n) is 3.52. The summed E-state index contributed by atoms with van der Waals surface area (Å²) in [5.41, 5.74) is 3.77. The van der Waals surface area contributed by atoms with Crippen LogP contribution >= 0.6 is 0 Å². The number of nitriles is 1. The van der Waals surface area contributed by atoms with Crippen LogP contribution in [0.5, 0.6) is 5.75 Å². The molecule has 29 heavy (non-hydrogen) atoms. The van der Waals surface area contributed by atoms with Crippen molar-refractivity contribution in [1.29, 1.82) is 5.26 Å². The Morgan fingerprint density at radius 3 is 2.41 bits per heavy atom. The number of rotatable bonds is 8. The molecule has 0 bridgehead atoms. The topological polar surface area (TPSA) is 84.1 Å². The van der Waals surface area contributed by atoms with Crippen molar-refractivity contribution < 1.29 is 13.2 Å². The van der Waals surface area contributed by atoms with Crippen LogP contribution in [-0.2, 0) is 16.6 Å². The van der Waals surface area contributed by atoms with E-state index in [9.17, 15) is 13.7 Å². The average molecular weight is 412 g/mol. The number of nitrogens with one attached hydrogen (secondary N) is 1. The van der Waals surface area contributed by atoms with Gasteiger partial charge in [0.05, 0.1) is 29.6 Å². The van der Waals surface area contributed by atoms with E-state index in [1.54, 1.807) is 19.2 Å².